The summed E-state index contributed by atoms with van der Waals surface area (Å²) in [5.74, 6) is 0.328. The van der Waals surface area contributed by atoms with Crippen LogP contribution in [0.5, 0.6) is 0 Å². The highest BCUT2D eigenvalue weighted by Crippen LogP contribution is 2.16. The molecule has 2 N–H and O–H groups in total. The van der Waals surface area contributed by atoms with Crippen molar-refractivity contribution in [3.63, 3.8) is 0 Å². The highest BCUT2D eigenvalue weighted by atomic mass is 35.5. The van der Waals surface area contributed by atoms with Gasteiger partial charge in [-0.2, -0.15) is 0 Å². The lowest BCUT2D eigenvalue weighted by atomic mass is 9.97. The van der Waals surface area contributed by atoms with E-state index in [9.17, 15) is 5.11 Å². The monoisotopic (exact) mass is 217 g/mol. The van der Waals surface area contributed by atoms with Crippen LogP contribution in [-0.2, 0) is 0 Å². The number of aliphatic hydroxyl groups excluding tert-OH is 1. The van der Waals surface area contributed by atoms with Crippen LogP contribution in [0.1, 0.15) is 20.3 Å². The Morgan fingerprint density at radius 1 is 1.64 bits per heavy atom. The van der Waals surface area contributed by atoms with Crippen molar-refractivity contribution in [3.05, 3.63) is 23.8 Å². The summed E-state index contributed by atoms with van der Waals surface area (Å²) in [4.78, 5) is 0. The van der Waals surface area contributed by atoms with Crippen LogP contribution in [0, 0.1) is 5.92 Å². The quantitative estimate of drug-likeness (QED) is 0.642. The average Bonchev–Trinajstić information content (AvgIpc) is 2.18. The van der Waals surface area contributed by atoms with Crippen molar-refractivity contribution in [1.29, 1.82) is 0 Å². The van der Waals surface area contributed by atoms with E-state index in [0.717, 1.165) is 25.1 Å². The van der Waals surface area contributed by atoms with E-state index in [1.54, 1.807) is 6.92 Å². The van der Waals surface area contributed by atoms with Crippen molar-refractivity contribution < 1.29 is 5.11 Å². The maximum absolute atomic E-state index is 9.37. The van der Waals surface area contributed by atoms with Gasteiger partial charge in [0.15, 0.2) is 0 Å². The maximum Gasteiger partial charge on any atom is 0.0733 e. The number of hydrogen-bond donors (Lipinski definition) is 2. The van der Waals surface area contributed by atoms with Gasteiger partial charge in [-0.05, 0) is 31.4 Å². The summed E-state index contributed by atoms with van der Waals surface area (Å²) in [6.45, 7) is 9.37. The predicted molar refractivity (Wildman–Crippen MR) is 62.5 cm³/mol. The minimum absolute atomic E-state index is 0.328. The number of aliphatic hydroxyl groups is 1. The molecule has 14 heavy (non-hydrogen) atoms. The fourth-order valence-electron chi connectivity index (χ4n) is 1.18. The van der Waals surface area contributed by atoms with Gasteiger partial charge in [-0.1, -0.05) is 24.6 Å². The van der Waals surface area contributed by atoms with E-state index >= 15 is 0 Å². The van der Waals surface area contributed by atoms with Gasteiger partial charge in [0.05, 0.1) is 6.10 Å². The molecule has 0 saturated carbocycles. The molecule has 2 unspecified atom stereocenters. The largest absolute Gasteiger partial charge is 0.389 e. The first-order valence-corrected chi connectivity index (χ1v) is 5.39. The number of nitrogens with one attached hydrogen (secondary N) is 1. The minimum Gasteiger partial charge on any atom is -0.389 e. The van der Waals surface area contributed by atoms with Crippen molar-refractivity contribution >= 4 is 11.6 Å². The predicted octanol–water partition coefficient (Wildman–Crippen LogP) is 2.29. The number of halogens is 1. The number of hydrogen-bond acceptors (Lipinski definition) is 2. The Kier molecular flexibility index (Phi) is 7.86. The van der Waals surface area contributed by atoms with Crippen molar-refractivity contribution in [2.45, 2.75) is 26.4 Å². The zero-order valence-corrected chi connectivity index (χ0v) is 9.72. The molecule has 2 nitrogen and oxygen atoms in total. The summed E-state index contributed by atoms with van der Waals surface area (Å²) in [6.07, 6.45) is 2.18. The lowest BCUT2D eigenvalue weighted by Crippen LogP contribution is -2.22. The van der Waals surface area contributed by atoms with Crippen molar-refractivity contribution in [2.24, 2.45) is 5.92 Å². The first-order valence-electron chi connectivity index (χ1n) is 4.96. The summed E-state index contributed by atoms with van der Waals surface area (Å²) >= 11 is 5.62. The Bertz CT molecular complexity index is 190. The van der Waals surface area contributed by atoms with E-state index in [0.29, 0.717) is 5.92 Å². The Morgan fingerprint density at radius 2 is 2.29 bits per heavy atom. The molecule has 0 aliphatic carbocycles. The Balaban J connectivity index is 4.08. The SMILES string of the molecule is C=CC(CNCC)C/C(=C/Cl)C(C)O. The normalized spacial score (nSPS) is 16.4. The summed E-state index contributed by atoms with van der Waals surface area (Å²) in [5, 5.41) is 12.6. The second kappa shape index (κ2) is 8.04. The molecule has 0 rings (SSSR count). The molecule has 0 bridgehead atoms. The van der Waals surface area contributed by atoms with Crippen LogP contribution in [-0.4, -0.2) is 24.3 Å². The van der Waals surface area contributed by atoms with Gasteiger partial charge >= 0.3 is 0 Å². The molecule has 0 spiro atoms. The number of rotatable bonds is 7. The highest BCUT2D eigenvalue weighted by Gasteiger charge is 2.10. The summed E-state index contributed by atoms with van der Waals surface area (Å²) in [7, 11) is 0. The third kappa shape index (κ3) is 5.43. The molecular weight excluding hydrogens is 198 g/mol. The van der Waals surface area contributed by atoms with E-state index in [1.165, 1.54) is 5.54 Å². The molecule has 0 saturated heterocycles. The van der Waals surface area contributed by atoms with Crippen LogP contribution < -0.4 is 5.32 Å². The molecule has 0 aromatic heterocycles. The van der Waals surface area contributed by atoms with E-state index in [2.05, 4.69) is 18.8 Å². The molecule has 82 valence electrons. The van der Waals surface area contributed by atoms with Gasteiger partial charge in [0.1, 0.15) is 0 Å². The van der Waals surface area contributed by atoms with Crippen molar-refractivity contribution in [1.82, 2.24) is 5.32 Å². The Hall–Kier alpha value is -0.310. The van der Waals surface area contributed by atoms with E-state index in [1.807, 2.05) is 6.08 Å². The molecule has 0 aromatic rings. The van der Waals surface area contributed by atoms with Crippen LogP contribution in [0.25, 0.3) is 0 Å². The van der Waals surface area contributed by atoms with Crippen LogP contribution in [0.4, 0.5) is 0 Å². The van der Waals surface area contributed by atoms with Gasteiger partial charge in [0.2, 0.25) is 0 Å². The molecule has 0 radical (unpaired) electrons. The summed E-state index contributed by atoms with van der Waals surface area (Å²) < 4.78 is 0. The zero-order chi connectivity index (χ0) is 11.0. The Morgan fingerprint density at radius 3 is 2.64 bits per heavy atom. The van der Waals surface area contributed by atoms with E-state index < -0.39 is 6.10 Å². The topological polar surface area (TPSA) is 32.3 Å². The molecule has 0 aliphatic heterocycles. The summed E-state index contributed by atoms with van der Waals surface area (Å²) in [5.41, 5.74) is 2.32. The fourth-order valence-corrected chi connectivity index (χ4v) is 1.45. The molecule has 0 aromatic carbocycles. The van der Waals surface area contributed by atoms with Crippen LogP contribution in [0.2, 0.25) is 0 Å². The smallest absolute Gasteiger partial charge is 0.0733 e. The van der Waals surface area contributed by atoms with E-state index in [4.69, 9.17) is 11.6 Å². The van der Waals surface area contributed by atoms with Crippen LogP contribution in [0.3, 0.4) is 0 Å². The zero-order valence-electron chi connectivity index (χ0n) is 8.96. The van der Waals surface area contributed by atoms with Gasteiger partial charge in [0, 0.05) is 12.1 Å². The fraction of sp³-hybridized carbons (Fsp3) is 0.636. The molecule has 0 heterocycles. The molecule has 0 fully saturated rings. The maximum atomic E-state index is 9.37. The second-order valence-corrected chi connectivity index (χ2v) is 3.59. The molecule has 2 atom stereocenters. The van der Waals surface area contributed by atoms with Gasteiger partial charge in [-0.15, -0.1) is 6.58 Å². The second-order valence-electron chi connectivity index (χ2n) is 3.37. The van der Waals surface area contributed by atoms with Gasteiger partial charge in [-0.25, -0.2) is 0 Å². The molecule has 0 aliphatic rings. The van der Waals surface area contributed by atoms with Crippen molar-refractivity contribution in [2.75, 3.05) is 13.1 Å². The van der Waals surface area contributed by atoms with Crippen molar-refractivity contribution in [3.8, 4) is 0 Å². The van der Waals surface area contributed by atoms with Gasteiger partial charge in [-0.3, -0.25) is 0 Å². The highest BCUT2D eigenvalue weighted by molar-refractivity contribution is 6.25. The Labute approximate surface area is 91.7 Å². The third-order valence-corrected chi connectivity index (χ3v) is 2.44. The van der Waals surface area contributed by atoms with E-state index in [-0.39, 0.29) is 0 Å². The molecule has 3 heteroatoms. The van der Waals surface area contributed by atoms with Crippen LogP contribution >= 0.6 is 11.6 Å². The standard InChI is InChI=1S/C11H20ClNO/c1-4-10(8-13-5-2)6-11(7-12)9(3)14/h4,7,9-10,13-14H,1,5-6,8H2,2-3H3/b11-7-. The molecule has 0 amide bonds. The molecular formula is C11H20ClNO. The average molecular weight is 218 g/mol. The third-order valence-electron chi connectivity index (χ3n) is 2.16. The minimum atomic E-state index is -0.475. The first kappa shape index (κ1) is 13.7. The summed E-state index contributed by atoms with van der Waals surface area (Å²) in [6, 6.07) is 0. The first-order chi connectivity index (χ1) is 6.65. The van der Waals surface area contributed by atoms with Gasteiger partial charge < -0.3 is 10.4 Å². The van der Waals surface area contributed by atoms with Crippen LogP contribution in [0.15, 0.2) is 23.8 Å². The lowest BCUT2D eigenvalue weighted by molar-refractivity contribution is 0.224. The lowest BCUT2D eigenvalue weighted by Gasteiger charge is -2.16. The van der Waals surface area contributed by atoms with Gasteiger partial charge in [0.25, 0.3) is 0 Å².